The molecule has 0 radical (unpaired) electrons. The van der Waals surface area contributed by atoms with Crippen LogP contribution >= 0.6 is 0 Å². The highest BCUT2D eigenvalue weighted by molar-refractivity contribution is 5.88. The number of carbonyl (C=O) groups is 1. The van der Waals surface area contributed by atoms with Gasteiger partial charge in [0.25, 0.3) is 0 Å². The van der Waals surface area contributed by atoms with Gasteiger partial charge in [-0.1, -0.05) is 26.8 Å². The van der Waals surface area contributed by atoms with Crippen LogP contribution in [0.1, 0.15) is 27.2 Å². The maximum atomic E-state index is 11.2. The van der Waals surface area contributed by atoms with Crippen LogP contribution in [-0.4, -0.2) is 26.2 Å². The molecule has 1 N–H and O–H groups in total. The zero-order valence-electron chi connectivity index (χ0n) is 10.0. The van der Waals surface area contributed by atoms with E-state index < -0.39 is 0 Å². The molecule has 88 valence electrons. The van der Waals surface area contributed by atoms with Gasteiger partial charge in [0, 0.05) is 12.1 Å². The Balaban J connectivity index is 3.77. The second-order valence-corrected chi connectivity index (χ2v) is 3.63. The van der Waals surface area contributed by atoms with Crippen molar-refractivity contribution in [1.82, 2.24) is 5.48 Å². The summed E-state index contributed by atoms with van der Waals surface area (Å²) in [6, 6.07) is 0. The molecule has 0 saturated carbocycles. The number of hydrogen-bond donors (Lipinski definition) is 1. The lowest BCUT2D eigenvalue weighted by molar-refractivity contribution is -0.136. The number of esters is 1. The molecule has 4 nitrogen and oxygen atoms in total. The third-order valence-electron chi connectivity index (χ3n) is 1.78. The first-order chi connectivity index (χ1) is 7.11. The molecule has 0 aromatic rings. The van der Waals surface area contributed by atoms with Gasteiger partial charge in [-0.25, -0.2) is 4.79 Å². The molecule has 0 amide bonds. The number of methoxy groups -OCH3 is 1. The maximum absolute atomic E-state index is 11.2. The molecule has 0 fully saturated rings. The van der Waals surface area contributed by atoms with E-state index >= 15 is 0 Å². The maximum Gasteiger partial charge on any atom is 0.333 e. The van der Waals surface area contributed by atoms with Gasteiger partial charge in [0.15, 0.2) is 0 Å². The van der Waals surface area contributed by atoms with Crippen LogP contribution in [0.5, 0.6) is 0 Å². The van der Waals surface area contributed by atoms with Gasteiger partial charge >= 0.3 is 5.97 Å². The fourth-order valence-corrected chi connectivity index (χ4v) is 0.952. The Morgan fingerprint density at radius 1 is 1.47 bits per heavy atom. The molecular formula is C11H21NO3. The first-order valence-corrected chi connectivity index (χ1v) is 5.23. The standard InChI is InChI=1S/C11H21NO3/c1-5-10(11(13)14-4)6-7-12-15-8-9(2)3/h6,9,12H,5,7-8H2,1-4H3. The summed E-state index contributed by atoms with van der Waals surface area (Å²) in [6.45, 7) is 7.24. The largest absolute Gasteiger partial charge is 0.466 e. The molecule has 0 aliphatic rings. The molecule has 0 aromatic carbocycles. The second-order valence-electron chi connectivity index (χ2n) is 3.63. The third kappa shape index (κ3) is 7.11. The minimum Gasteiger partial charge on any atom is -0.466 e. The summed E-state index contributed by atoms with van der Waals surface area (Å²) in [7, 11) is 1.38. The summed E-state index contributed by atoms with van der Waals surface area (Å²) < 4.78 is 4.62. The Morgan fingerprint density at radius 3 is 2.60 bits per heavy atom. The van der Waals surface area contributed by atoms with Gasteiger partial charge in [-0.15, -0.1) is 0 Å². The van der Waals surface area contributed by atoms with Crippen molar-refractivity contribution in [3.63, 3.8) is 0 Å². The summed E-state index contributed by atoms with van der Waals surface area (Å²) in [5, 5.41) is 0. The van der Waals surface area contributed by atoms with Crippen molar-refractivity contribution in [2.24, 2.45) is 5.92 Å². The molecule has 0 atom stereocenters. The molecule has 4 heteroatoms. The quantitative estimate of drug-likeness (QED) is 0.304. The van der Waals surface area contributed by atoms with Gasteiger partial charge in [-0.3, -0.25) is 0 Å². The van der Waals surface area contributed by atoms with E-state index in [9.17, 15) is 4.79 Å². The van der Waals surface area contributed by atoms with Gasteiger partial charge in [0.1, 0.15) is 0 Å². The molecule has 0 aromatic heterocycles. The van der Waals surface area contributed by atoms with Gasteiger partial charge in [-0.05, 0) is 12.3 Å². The lowest BCUT2D eigenvalue weighted by Gasteiger charge is -2.06. The Bertz CT molecular complexity index is 212. The Kier molecular flexibility index (Phi) is 7.95. The SMILES string of the molecule is CCC(=CCNOCC(C)C)C(=O)OC. The van der Waals surface area contributed by atoms with Crippen molar-refractivity contribution in [3.05, 3.63) is 11.6 Å². The molecule has 0 spiro atoms. The van der Waals surface area contributed by atoms with Crippen molar-refractivity contribution in [2.45, 2.75) is 27.2 Å². The van der Waals surface area contributed by atoms with E-state index in [4.69, 9.17) is 4.84 Å². The van der Waals surface area contributed by atoms with Crippen LogP contribution in [0.2, 0.25) is 0 Å². The molecule has 0 unspecified atom stereocenters. The van der Waals surface area contributed by atoms with Crippen molar-refractivity contribution < 1.29 is 14.4 Å². The van der Waals surface area contributed by atoms with Crippen LogP contribution in [0, 0.1) is 5.92 Å². The van der Waals surface area contributed by atoms with E-state index in [0.29, 0.717) is 31.1 Å². The first-order valence-electron chi connectivity index (χ1n) is 5.23. The van der Waals surface area contributed by atoms with E-state index in [-0.39, 0.29) is 5.97 Å². The fraction of sp³-hybridized carbons (Fsp3) is 0.727. The average Bonchev–Trinajstić information content (AvgIpc) is 2.22. The number of nitrogens with one attached hydrogen (secondary N) is 1. The highest BCUT2D eigenvalue weighted by atomic mass is 16.6. The summed E-state index contributed by atoms with van der Waals surface area (Å²) in [6.07, 6.45) is 2.45. The van der Waals surface area contributed by atoms with E-state index in [2.05, 4.69) is 24.1 Å². The molecule has 0 aliphatic heterocycles. The number of hydroxylamine groups is 1. The Labute approximate surface area is 91.6 Å². The zero-order valence-corrected chi connectivity index (χ0v) is 10.0. The molecule has 0 heterocycles. The predicted octanol–water partition coefficient (Wildman–Crippen LogP) is 1.67. The average molecular weight is 215 g/mol. The molecule has 0 saturated heterocycles. The molecule has 15 heavy (non-hydrogen) atoms. The third-order valence-corrected chi connectivity index (χ3v) is 1.78. The number of carbonyl (C=O) groups excluding carboxylic acids is 1. The second kappa shape index (κ2) is 8.44. The summed E-state index contributed by atoms with van der Waals surface area (Å²) in [5.74, 6) is 0.218. The minimum absolute atomic E-state index is 0.275. The van der Waals surface area contributed by atoms with Crippen LogP contribution in [0.3, 0.4) is 0 Å². The minimum atomic E-state index is -0.275. The Morgan fingerprint density at radius 2 is 2.13 bits per heavy atom. The number of hydrogen-bond acceptors (Lipinski definition) is 4. The summed E-state index contributed by atoms with van der Waals surface area (Å²) >= 11 is 0. The van der Waals surface area contributed by atoms with Crippen LogP contribution in [0.4, 0.5) is 0 Å². The fourth-order valence-electron chi connectivity index (χ4n) is 0.952. The van der Waals surface area contributed by atoms with Crippen molar-refractivity contribution in [3.8, 4) is 0 Å². The van der Waals surface area contributed by atoms with Crippen LogP contribution in [-0.2, 0) is 14.4 Å². The molecular weight excluding hydrogens is 194 g/mol. The smallest absolute Gasteiger partial charge is 0.333 e. The van der Waals surface area contributed by atoms with Gasteiger partial charge in [0.05, 0.1) is 13.7 Å². The monoisotopic (exact) mass is 215 g/mol. The zero-order chi connectivity index (χ0) is 11.7. The van der Waals surface area contributed by atoms with Crippen LogP contribution < -0.4 is 5.48 Å². The highest BCUT2D eigenvalue weighted by Gasteiger charge is 2.05. The van der Waals surface area contributed by atoms with Crippen molar-refractivity contribution >= 4 is 5.97 Å². The lowest BCUT2D eigenvalue weighted by Crippen LogP contribution is -2.18. The van der Waals surface area contributed by atoms with E-state index in [0.717, 1.165) is 0 Å². The van der Waals surface area contributed by atoms with Gasteiger partial charge < -0.3 is 9.57 Å². The number of rotatable bonds is 7. The Hall–Kier alpha value is -0.870. The van der Waals surface area contributed by atoms with E-state index in [1.165, 1.54) is 7.11 Å². The van der Waals surface area contributed by atoms with Crippen LogP contribution in [0.15, 0.2) is 11.6 Å². The van der Waals surface area contributed by atoms with Crippen molar-refractivity contribution in [2.75, 3.05) is 20.3 Å². The van der Waals surface area contributed by atoms with E-state index in [1.807, 2.05) is 6.92 Å². The van der Waals surface area contributed by atoms with E-state index in [1.54, 1.807) is 6.08 Å². The lowest BCUT2D eigenvalue weighted by atomic mass is 10.2. The van der Waals surface area contributed by atoms with Gasteiger partial charge in [-0.2, -0.15) is 5.48 Å². The van der Waals surface area contributed by atoms with Crippen LogP contribution in [0.25, 0.3) is 0 Å². The summed E-state index contributed by atoms with van der Waals surface area (Å²) in [4.78, 5) is 16.3. The number of ether oxygens (including phenoxy) is 1. The first kappa shape index (κ1) is 14.1. The van der Waals surface area contributed by atoms with Crippen molar-refractivity contribution in [1.29, 1.82) is 0 Å². The molecule has 0 bridgehead atoms. The molecule has 0 rings (SSSR count). The summed E-state index contributed by atoms with van der Waals surface area (Å²) in [5.41, 5.74) is 3.44. The van der Waals surface area contributed by atoms with Gasteiger partial charge in [0.2, 0.25) is 0 Å². The molecule has 0 aliphatic carbocycles. The normalized spacial score (nSPS) is 11.9. The highest BCUT2D eigenvalue weighted by Crippen LogP contribution is 2.01. The topological polar surface area (TPSA) is 47.6 Å². The predicted molar refractivity (Wildman–Crippen MR) is 59.2 cm³/mol.